The quantitative estimate of drug-likeness (QED) is 0.608. The molecule has 0 saturated carbocycles. The van der Waals surface area contributed by atoms with Crippen LogP contribution in [0.3, 0.4) is 0 Å². The van der Waals surface area contributed by atoms with Gasteiger partial charge in [-0.15, -0.1) is 0 Å². The van der Waals surface area contributed by atoms with E-state index in [-0.39, 0.29) is 4.90 Å². The second kappa shape index (κ2) is 7.14. The van der Waals surface area contributed by atoms with Gasteiger partial charge in [-0.3, -0.25) is 4.79 Å². The zero-order valence-corrected chi connectivity index (χ0v) is 15.1. The fourth-order valence-electron chi connectivity index (χ4n) is 2.76. The van der Waals surface area contributed by atoms with Crippen LogP contribution in [0.15, 0.2) is 53.4 Å². The van der Waals surface area contributed by atoms with E-state index in [4.69, 9.17) is 0 Å². The topological polar surface area (TPSA) is 111 Å². The van der Waals surface area contributed by atoms with E-state index in [1.807, 2.05) is 24.3 Å². The Hall–Kier alpha value is -2.30. The van der Waals surface area contributed by atoms with Crippen molar-refractivity contribution in [2.24, 2.45) is 0 Å². The first kappa shape index (κ1) is 18.5. The summed E-state index contributed by atoms with van der Waals surface area (Å²) < 4.78 is 25.4. The van der Waals surface area contributed by atoms with Crippen molar-refractivity contribution in [1.29, 1.82) is 0 Å². The number of hydrazine groups is 2. The van der Waals surface area contributed by atoms with Gasteiger partial charge < -0.3 is 5.11 Å². The zero-order chi connectivity index (χ0) is 18.9. The maximum atomic E-state index is 12.1. The molecular weight excluding hydrogens is 356 g/mol. The van der Waals surface area contributed by atoms with Gasteiger partial charge in [-0.2, -0.15) is 5.53 Å². The van der Waals surface area contributed by atoms with Gasteiger partial charge in [0.15, 0.2) is 0 Å². The Morgan fingerprint density at radius 3 is 2.00 bits per heavy atom. The smallest absolute Gasteiger partial charge is 0.324 e. The maximum Gasteiger partial charge on any atom is 0.324 e. The highest BCUT2D eigenvalue weighted by Crippen LogP contribution is 2.26. The van der Waals surface area contributed by atoms with Gasteiger partial charge in [-0.1, -0.05) is 36.4 Å². The molecule has 2 aromatic carbocycles. The van der Waals surface area contributed by atoms with Gasteiger partial charge in [-0.05, 0) is 28.8 Å². The van der Waals surface area contributed by atoms with Gasteiger partial charge in [0, 0.05) is 14.1 Å². The number of hydrogen-bond acceptors (Lipinski definition) is 6. The van der Waals surface area contributed by atoms with Crippen molar-refractivity contribution in [3.8, 4) is 11.1 Å². The summed E-state index contributed by atoms with van der Waals surface area (Å²) in [6, 6.07) is 12.9. The van der Waals surface area contributed by atoms with E-state index in [0.29, 0.717) is 0 Å². The van der Waals surface area contributed by atoms with Crippen molar-refractivity contribution in [1.82, 2.24) is 20.7 Å². The molecule has 0 amide bonds. The first-order chi connectivity index (χ1) is 12.3. The number of benzene rings is 2. The first-order valence-electron chi connectivity index (χ1n) is 7.92. The lowest BCUT2D eigenvalue weighted by Gasteiger charge is -2.15. The van der Waals surface area contributed by atoms with Crippen molar-refractivity contribution in [3.05, 3.63) is 54.1 Å². The summed E-state index contributed by atoms with van der Waals surface area (Å²) in [5, 5.41) is 9.21. The van der Waals surface area contributed by atoms with E-state index in [9.17, 15) is 18.3 Å². The van der Waals surface area contributed by atoms with Crippen LogP contribution in [-0.2, 0) is 14.8 Å². The Balaban J connectivity index is 1.82. The Kier molecular flexibility index (Phi) is 5.08. The van der Waals surface area contributed by atoms with Gasteiger partial charge in [-0.25, -0.2) is 23.6 Å². The predicted octanol–water partition coefficient (Wildman–Crippen LogP) is 0.711. The summed E-state index contributed by atoms with van der Waals surface area (Å²) in [4.78, 5) is 11.5. The molecule has 0 aromatic heterocycles. The van der Waals surface area contributed by atoms with Crippen LogP contribution in [0.2, 0.25) is 0 Å². The van der Waals surface area contributed by atoms with Crippen molar-refractivity contribution < 1.29 is 18.3 Å². The summed E-state index contributed by atoms with van der Waals surface area (Å²) in [7, 11) is -0.466. The fourth-order valence-corrected chi connectivity index (χ4v) is 3.66. The van der Waals surface area contributed by atoms with E-state index >= 15 is 0 Å². The van der Waals surface area contributed by atoms with Crippen LogP contribution in [-0.4, -0.2) is 43.9 Å². The highest BCUT2D eigenvalue weighted by Gasteiger charge is 2.33. The molecule has 1 aliphatic rings. The van der Waals surface area contributed by atoms with E-state index < -0.39 is 28.1 Å². The van der Waals surface area contributed by atoms with E-state index in [1.165, 1.54) is 18.4 Å². The Morgan fingerprint density at radius 1 is 0.962 bits per heavy atom. The van der Waals surface area contributed by atoms with E-state index in [1.54, 1.807) is 24.3 Å². The van der Waals surface area contributed by atoms with Crippen molar-refractivity contribution in [2.45, 2.75) is 17.0 Å². The Morgan fingerprint density at radius 2 is 1.50 bits per heavy atom. The molecule has 0 radical (unpaired) electrons. The zero-order valence-electron chi connectivity index (χ0n) is 14.3. The van der Waals surface area contributed by atoms with Crippen molar-refractivity contribution in [3.63, 3.8) is 0 Å². The van der Waals surface area contributed by atoms with E-state index in [2.05, 4.69) is 16.4 Å². The third kappa shape index (κ3) is 3.48. The van der Waals surface area contributed by atoms with Crippen LogP contribution >= 0.6 is 0 Å². The number of carbonyl (C=O) groups is 1. The molecule has 8 nitrogen and oxygen atoms in total. The predicted molar refractivity (Wildman–Crippen MR) is 96.3 cm³/mol. The molecule has 2 aromatic rings. The van der Waals surface area contributed by atoms with Crippen LogP contribution in [0.1, 0.15) is 11.6 Å². The third-order valence-corrected chi connectivity index (χ3v) is 6.12. The van der Waals surface area contributed by atoms with Gasteiger partial charge in [0.1, 0.15) is 6.04 Å². The van der Waals surface area contributed by atoms with Crippen LogP contribution < -0.4 is 16.4 Å². The fraction of sp³-hybridized carbons (Fsp3) is 0.235. The highest BCUT2D eigenvalue weighted by atomic mass is 32.2. The Bertz CT molecular complexity index is 895. The van der Waals surface area contributed by atoms with Crippen molar-refractivity contribution in [2.75, 3.05) is 14.1 Å². The lowest BCUT2D eigenvalue weighted by atomic mass is 9.97. The average Bonchev–Trinajstić information content (AvgIpc) is 3.12. The van der Waals surface area contributed by atoms with Crippen LogP contribution in [0.5, 0.6) is 0 Å². The molecule has 26 heavy (non-hydrogen) atoms. The molecule has 2 atom stereocenters. The highest BCUT2D eigenvalue weighted by molar-refractivity contribution is 7.89. The number of aliphatic carboxylic acids is 1. The molecule has 4 N–H and O–H groups in total. The van der Waals surface area contributed by atoms with Gasteiger partial charge >= 0.3 is 5.97 Å². The molecule has 0 aliphatic carbocycles. The minimum atomic E-state index is -3.45. The largest absolute Gasteiger partial charge is 0.480 e. The number of nitrogens with one attached hydrogen (secondary N) is 3. The third-order valence-electron chi connectivity index (χ3n) is 4.29. The molecule has 2 unspecified atom stereocenters. The molecule has 0 spiro atoms. The number of nitrogens with zero attached hydrogens (tertiary/aromatic N) is 1. The minimum Gasteiger partial charge on any atom is -0.480 e. The number of hydrogen-bond donors (Lipinski definition) is 4. The second-order valence-electron chi connectivity index (χ2n) is 6.14. The Labute approximate surface area is 151 Å². The lowest BCUT2D eigenvalue weighted by molar-refractivity contribution is -0.139. The average molecular weight is 376 g/mol. The molecule has 1 saturated heterocycles. The van der Waals surface area contributed by atoms with Gasteiger partial charge in [0.25, 0.3) is 0 Å². The summed E-state index contributed by atoms with van der Waals surface area (Å²) in [5.74, 6) is -0.950. The van der Waals surface area contributed by atoms with Crippen LogP contribution in [0.25, 0.3) is 11.1 Å². The molecule has 1 fully saturated rings. The molecule has 1 heterocycles. The SMILES string of the molecule is CN(C)S(=O)(=O)c1ccc(-c2ccc(C3NNNC3C(=O)O)cc2)cc1. The molecular formula is C17H20N4O4S. The number of sulfonamides is 1. The van der Waals surface area contributed by atoms with Crippen LogP contribution in [0.4, 0.5) is 0 Å². The molecule has 138 valence electrons. The first-order valence-corrected chi connectivity index (χ1v) is 9.36. The standard InChI is InChI=1S/C17H20N4O4S/c1-21(2)26(24,25)14-9-7-12(8-10-14)11-3-5-13(6-4-11)15-16(17(22)23)19-20-18-15/h3-10,15-16,18-20H,1-2H3,(H,22,23). The van der Waals surface area contributed by atoms with Crippen LogP contribution in [0, 0.1) is 0 Å². The summed E-state index contributed by atoms with van der Waals surface area (Å²) >= 11 is 0. The maximum absolute atomic E-state index is 12.1. The molecule has 0 bridgehead atoms. The minimum absolute atomic E-state index is 0.236. The normalized spacial score (nSPS) is 20.4. The molecule has 1 aliphatic heterocycles. The summed E-state index contributed by atoms with van der Waals surface area (Å²) in [6.07, 6.45) is 0. The monoisotopic (exact) mass is 376 g/mol. The molecule has 3 rings (SSSR count). The van der Waals surface area contributed by atoms with Gasteiger partial charge in [0.2, 0.25) is 10.0 Å². The number of rotatable bonds is 5. The number of carboxylic acid groups (broad SMARTS) is 1. The summed E-state index contributed by atoms with van der Waals surface area (Å²) in [6.45, 7) is 0. The number of carboxylic acids is 1. The molecule has 9 heteroatoms. The van der Waals surface area contributed by atoms with E-state index in [0.717, 1.165) is 16.7 Å². The second-order valence-corrected chi connectivity index (χ2v) is 8.29. The lowest BCUT2D eigenvalue weighted by Crippen LogP contribution is -2.38. The van der Waals surface area contributed by atoms with Crippen molar-refractivity contribution >= 4 is 16.0 Å². The van der Waals surface area contributed by atoms with Gasteiger partial charge in [0.05, 0.1) is 10.9 Å². The summed E-state index contributed by atoms with van der Waals surface area (Å²) in [5.41, 5.74) is 10.8.